The summed E-state index contributed by atoms with van der Waals surface area (Å²) in [6.45, 7) is 1.81. The molecule has 2 fully saturated rings. The third kappa shape index (κ3) is 3.81. The summed E-state index contributed by atoms with van der Waals surface area (Å²) in [5.74, 6) is -0.572. The highest BCUT2D eigenvalue weighted by Crippen LogP contribution is 2.51. The molecule has 2 aliphatic carbocycles. The van der Waals surface area contributed by atoms with Crippen LogP contribution in [0.25, 0.3) is 0 Å². The molecular weight excluding hydrogens is 455 g/mol. The molecule has 2 aromatic rings. The van der Waals surface area contributed by atoms with E-state index in [1.807, 2.05) is 0 Å². The lowest BCUT2D eigenvalue weighted by Gasteiger charge is -2.40. The number of benzene rings is 1. The fourth-order valence-corrected chi connectivity index (χ4v) is 7.75. The number of aromatic nitrogens is 1. The standard InChI is InChI=1S/C19H20Cl2N2O4S2/c1-19(25)11-3-4-12(19)8-13(7-11)29(26,27)15-6-10(2-5-14(15)20)17(24)23-18-22-9-16(21)28-18/h2,5-6,9,11-13,25H,3-4,7-8H2,1H3,(H,22,23,24)/t11-,12?,13-,19-/m0/s1. The van der Waals surface area contributed by atoms with Crippen molar-refractivity contribution >= 4 is 55.4 Å². The van der Waals surface area contributed by atoms with Gasteiger partial charge >= 0.3 is 0 Å². The molecule has 0 aliphatic heterocycles. The van der Waals surface area contributed by atoms with Crippen molar-refractivity contribution in [3.63, 3.8) is 0 Å². The van der Waals surface area contributed by atoms with Crippen LogP contribution in [-0.2, 0) is 9.84 Å². The lowest BCUT2D eigenvalue weighted by Crippen LogP contribution is -2.45. The van der Waals surface area contributed by atoms with Gasteiger partial charge in [-0.2, -0.15) is 0 Å². The molecule has 0 radical (unpaired) electrons. The van der Waals surface area contributed by atoms with Gasteiger partial charge in [-0.15, -0.1) is 0 Å². The highest BCUT2D eigenvalue weighted by Gasteiger charge is 2.53. The van der Waals surface area contributed by atoms with Crippen molar-refractivity contribution in [2.24, 2.45) is 11.8 Å². The summed E-state index contributed by atoms with van der Waals surface area (Å²) in [6.07, 6.45) is 3.88. The van der Waals surface area contributed by atoms with Crippen molar-refractivity contribution in [1.29, 1.82) is 0 Å². The topological polar surface area (TPSA) is 96.4 Å². The zero-order valence-corrected chi connectivity index (χ0v) is 18.7. The maximum Gasteiger partial charge on any atom is 0.257 e. The fourth-order valence-electron chi connectivity index (χ4n) is 4.54. The van der Waals surface area contributed by atoms with Crippen LogP contribution in [-0.4, -0.2) is 35.3 Å². The van der Waals surface area contributed by atoms with Gasteiger partial charge in [-0.25, -0.2) is 13.4 Å². The molecule has 0 saturated heterocycles. The smallest absolute Gasteiger partial charge is 0.257 e. The van der Waals surface area contributed by atoms with Gasteiger partial charge in [0.15, 0.2) is 15.0 Å². The first-order valence-electron chi connectivity index (χ1n) is 9.27. The van der Waals surface area contributed by atoms with Crippen LogP contribution in [0, 0.1) is 11.8 Å². The monoisotopic (exact) mass is 474 g/mol. The summed E-state index contributed by atoms with van der Waals surface area (Å²) in [7, 11) is -3.75. The molecule has 29 heavy (non-hydrogen) atoms. The van der Waals surface area contributed by atoms with Crippen molar-refractivity contribution in [2.45, 2.75) is 48.4 Å². The molecular formula is C19H20Cl2N2O4S2. The van der Waals surface area contributed by atoms with Gasteiger partial charge in [-0.1, -0.05) is 34.5 Å². The predicted molar refractivity (Wildman–Crippen MR) is 114 cm³/mol. The largest absolute Gasteiger partial charge is 0.390 e. The minimum atomic E-state index is -3.75. The Hall–Kier alpha value is -1.19. The molecule has 1 unspecified atom stereocenters. The number of nitrogens with zero attached hydrogens (tertiary/aromatic N) is 1. The lowest BCUT2D eigenvalue weighted by atomic mass is 9.76. The van der Waals surface area contributed by atoms with Crippen LogP contribution < -0.4 is 5.32 Å². The molecule has 2 aliphatic rings. The second-order valence-electron chi connectivity index (χ2n) is 7.90. The summed E-state index contributed by atoms with van der Waals surface area (Å²) >= 11 is 13.2. The van der Waals surface area contributed by atoms with Gasteiger partial charge in [0.1, 0.15) is 4.34 Å². The minimum absolute atomic E-state index is 0.0408. The predicted octanol–water partition coefficient (Wildman–Crippen LogP) is 4.42. The minimum Gasteiger partial charge on any atom is -0.390 e. The summed E-state index contributed by atoms with van der Waals surface area (Å²) < 4.78 is 27.1. The Balaban J connectivity index is 1.61. The third-order valence-corrected chi connectivity index (χ3v) is 9.93. The highest BCUT2D eigenvalue weighted by molar-refractivity contribution is 7.92. The molecule has 2 bridgehead atoms. The highest BCUT2D eigenvalue weighted by atomic mass is 35.5. The molecule has 2 saturated carbocycles. The SMILES string of the molecule is C[C@@]1(O)C2CC[C@H]1C[C@H](S(=O)(=O)c1cc(C(=O)Nc3ncc(Cl)s3)ccc1Cl)C2. The molecule has 2 N–H and O–H groups in total. The Labute approximate surface area is 183 Å². The Bertz CT molecular complexity index is 1050. The lowest BCUT2D eigenvalue weighted by molar-refractivity contribution is -0.0413. The average Bonchev–Trinajstić information content (AvgIpc) is 3.07. The average molecular weight is 475 g/mol. The van der Waals surface area contributed by atoms with E-state index in [2.05, 4.69) is 10.3 Å². The number of carbonyl (C=O) groups excluding carboxylic acids is 1. The quantitative estimate of drug-likeness (QED) is 0.683. The summed E-state index contributed by atoms with van der Waals surface area (Å²) in [5.41, 5.74) is -0.642. The van der Waals surface area contributed by atoms with Crippen molar-refractivity contribution < 1.29 is 18.3 Å². The first-order valence-corrected chi connectivity index (χ1v) is 12.4. The van der Waals surface area contributed by atoms with Gasteiger partial charge in [0.05, 0.1) is 27.0 Å². The van der Waals surface area contributed by atoms with E-state index in [1.165, 1.54) is 24.4 Å². The van der Waals surface area contributed by atoms with Crippen molar-refractivity contribution in [1.82, 2.24) is 4.98 Å². The summed E-state index contributed by atoms with van der Waals surface area (Å²) in [6, 6.07) is 4.21. The molecule has 1 amide bonds. The van der Waals surface area contributed by atoms with Gasteiger partial charge in [0, 0.05) is 5.56 Å². The van der Waals surface area contributed by atoms with Gasteiger partial charge in [0.25, 0.3) is 5.91 Å². The molecule has 0 spiro atoms. The number of rotatable bonds is 4. The Morgan fingerprint density at radius 2 is 1.93 bits per heavy atom. The Morgan fingerprint density at radius 3 is 2.52 bits per heavy atom. The number of carbonyl (C=O) groups is 1. The molecule has 10 heteroatoms. The summed E-state index contributed by atoms with van der Waals surface area (Å²) in [4.78, 5) is 16.5. The number of hydrogen-bond acceptors (Lipinski definition) is 6. The zero-order chi connectivity index (χ0) is 21.0. The normalized spacial score (nSPS) is 29.0. The van der Waals surface area contributed by atoms with E-state index in [9.17, 15) is 18.3 Å². The zero-order valence-electron chi connectivity index (χ0n) is 15.6. The first-order chi connectivity index (χ1) is 13.6. The maximum absolute atomic E-state index is 13.3. The van der Waals surface area contributed by atoms with Crippen LogP contribution in [0.15, 0.2) is 29.3 Å². The number of sulfone groups is 1. The van der Waals surface area contributed by atoms with E-state index in [0.29, 0.717) is 22.3 Å². The van der Waals surface area contributed by atoms with E-state index in [0.717, 1.165) is 24.2 Å². The van der Waals surface area contributed by atoms with E-state index >= 15 is 0 Å². The van der Waals surface area contributed by atoms with Crippen LogP contribution in [0.3, 0.4) is 0 Å². The molecule has 1 heterocycles. The van der Waals surface area contributed by atoms with Crippen LogP contribution in [0.5, 0.6) is 0 Å². The van der Waals surface area contributed by atoms with E-state index in [-0.39, 0.29) is 27.3 Å². The summed E-state index contributed by atoms with van der Waals surface area (Å²) in [5, 5.41) is 13.1. The first kappa shape index (κ1) is 21.1. The number of hydrogen-bond donors (Lipinski definition) is 2. The Kier molecular flexibility index (Phi) is 5.44. The maximum atomic E-state index is 13.3. The van der Waals surface area contributed by atoms with Crippen LogP contribution in [0.4, 0.5) is 5.13 Å². The molecule has 4 rings (SSSR count). The van der Waals surface area contributed by atoms with Crippen molar-refractivity contribution in [3.8, 4) is 0 Å². The molecule has 156 valence electrons. The van der Waals surface area contributed by atoms with E-state index in [1.54, 1.807) is 6.92 Å². The van der Waals surface area contributed by atoms with Gasteiger partial charge in [-0.3, -0.25) is 10.1 Å². The fraction of sp³-hybridized carbons (Fsp3) is 0.474. The van der Waals surface area contributed by atoms with Gasteiger partial charge in [-0.05, 0) is 62.6 Å². The second-order valence-corrected chi connectivity index (χ2v) is 12.2. The number of fused-ring (bicyclic) bond motifs is 2. The number of anilines is 1. The van der Waals surface area contributed by atoms with Crippen LogP contribution in [0.1, 0.15) is 43.0 Å². The van der Waals surface area contributed by atoms with E-state index < -0.39 is 26.6 Å². The molecule has 1 aromatic heterocycles. The molecule has 1 aromatic carbocycles. The van der Waals surface area contributed by atoms with Crippen molar-refractivity contribution in [2.75, 3.05) is 5.32 Å². The number of halogens is 2. The molecule has 4 atom stereocenters. The van der Waals surface area contributed by atoms with E-state index in [4.69, 9.17) is 23.2 Å². The number of aliphatic hydroxyl groups is 1. The van der Waals surface area contributed by atoms with Crippen LogP contribution in [0.2, 0.25) is 9.36 Å². The Morgan fingerprint density at radius 1 is 1.28 bits per heavy atom. The molecule has 6 nitrogen and oxygen atoms in total. The number of amides is 1. The van der Waals surface area contributed by atoms with Gasteiger partial charge in [0.2, 0.25) is 0 Å². The third-order valence-electron chi connectivity index (χ3n) is 6.25. The van der Waals surface area contributed by atoms with Crippen molar-refractivity contribution in [3.05, 3.63) is 39.3 Å². The number of nitrogens with one attached hydrogen (secondary N) is 1. The van der Waals surface area contributed by atoms with Crippen LogP contribution >= 0.6 is 34.5 Å². The number of thiazole rings is 1. The van der Waals surface area contributed by atoms with Gasteiger partial charge < -0.3 is 5.11 Å². The second kappa shape index (κ2) is 7.50.